The Morgan fingerprint density at radius 2 is 1.83 bits per heavy atom. The second-order valence-electron chi connectivity index (χ2n) is 6.75. The van der Waals surface area contributed by atoms with Gasteiger partial charge in [-0.05, 0) is 47.9 Å². The van der Waals surface area contributed by atoms with Crippen molar-refractivity contribution in [2.24, 2.45) is 0 Å². The Balaban J connectivity index is 1.55. The predicted octanol–water partition coefficient (Wildman–Crippen LogP) is 4.69. The number of fused-ring (bicyclic) bond motifs is 2. The molecule has 0 saturated heterocycles. The number of nitrogens with zero attached hydrogens (tertiary/aromatic N) is 2. The molecule has 5 rings (SSSR count). The molecule has 1 aliphatic rings. The zero-order chi connectivity index (χ0) is 19.8. The van der Waals surface area contributed by atoms with E-state index in [9.17, 15) is 4.79 Å². The summed E-state index contributed by atoms with van der Waals surface area (Å²) in [7, 11) is 0. The van der Waals surface area contributed by atoms with Crippen LogP contribution in [-0.2, 0) is 0 Å². The van der Waals surface area contributed by atoms with Crippen molar-refractivity contribution in [3.05, 3.63) is 65.7 Å². The van der Waals surface area contributed by atoms with Crippen LogP contribution in [0.1, 0.15) is 15.9 Å². The van der Waals surface area contributed by atoms with Gasteiger partial charge in [-0.15, -0.1) is 0 Å². The molecule has 0 aliphatic carbocycles. The summed E-state index contributed by atoms with van der Waals surface area (Å²) in [5, 5.41) is 3.01. The molecule has 1 N–H and O–H groups in total. The fourth-order valence-electron chi connectivity index (χ4n) is 3.51. The summed E-state index contributed by atoms with van der Waals surface area (Å²) in [6, 6.07) is 17.2. The number of aryl methyl sites for hydroxylation is 1. The number of amides is 1. The summed E-state index contributed by atoms with van der Waals surface area (Å²) >= 11 is 1.13. The number of ether oxygens (including phenoxy) is 2. The summed E-state index contributed by atoms with van der Waals surface area (Å²) in [4.78, 5) is 13.3. The minimum absolute atomic E-state index is 0.187. The maximum Gasteiger partial charge on any atom is 0.256 e. The summed E-state index contributed by atoms with van der Waals surface area (Å²) in [5.41, 5.74) is 5.35. The maximum absolute atomic E-state index is 13.3. The molecule has 7 heteroatoms. The second-order valence-corrected chi connectivity index (χ2v) is 7.28. The second kappa shape index (κ2) is 7.18. The molecule has 0 radical (unpaired) electrons. The third-order valence-electron chi connectivity index (χ3n) is 4.89. The predicted molar refractivity (Wildman–Crippen MR) is 113 cm³/mol. The summed E-state index contributed by atoms with van der Waals surface area (Å²) in [6.07, 6.45) is 0. The van der Waals surface area contributed by atoms with Crippen LogP contribution in [0, 0.1) is 6.92 Å². The molecule has 0 unspecified atom stereocenters. The van der Waals surface area contributed by atoms with E-state index in [-0.39, 0.29) is 5.91 Å². The SMILES string of the molecule is Cc1cccc(-c2ccc3c(c2)OCCO3)c1C(=O)Nc1cccc2nsnc12. The number of nitrogens with one attached hydrogen (secondary N) is 1. The Morgan fingerprint density at radius 1 is 1.00 bits per heavy atom. The molecule has 0 fully saturated rings. The van der Waals surface area contributed by atoms with E-state index in [2.05, 4.69) is 14.1 Å². The Hall–Kier alpha value is -3.45. The van der Waals surface area contributed by atoms with E-state index < -0.39 is 0 Å². The number of carbonyl (C=O) groups is 1. The van der Waals surface area contributed by atoms with Crippen LogP contribution in [0.15, 0.2) is 54.6 Å². The molecule has 0 atom stereocenters. The molecule has 0 spiro atoms. The molecule has 29 heavy (non-hydrogen) atoms. The average molecular weight is 403 g/mol. The van der Waals surface area contributed by atoms with Gasteiger partial charge in [-0.3, -0.25) is 4.79 Å². The highest BCUT2D eigenvalue weighted by molar-refractivity contribution is 7.00. The number of hydrogen-bond donors (Lipinski definition) is 1. The summed E-state index contributed by atoms with van der Waals surface area (Å²) < 4.78 is 19.9. The molecule has 1 aromatic heterocycles. The Morgan fingerprint density at radius 3 is 2.72 bits per heavy atom. The normalized spacial score (nSPS) is 12.7. The van der Waals surface area contributed by atoms with E-state index in [1.165, 1.54) is 0 Å². The van der Waals surface area contributed by atoms with E-state index in [0.717, 1.165) is 39.7 Å². The van der Waals surface area contributed by atoms with Crippen molar-refractivity contribution < 1.29 is 14.3 Å². The molecule has 1 amide bonds. The zero-order valence-corrected chi connectivity index (χ0v) is 16.5. The van der Waals surface area contributed by atoms with Gasteiger partial charge in [0.1, 0.15) is 24.2 Å². The van der Waals surface area contributed by atoms with E-state index in [4.69, 9.17) is 9.47 Å². The number of anilines is 1. The third kappa shape index (κ3) is 3.19. The Bertz CT molecular complexity index is 1240. The number of benzene rings is 3. The van der Waals surface area contributed by atoms with Gasteiger partial charge in [0.25, 0.3) is 5.91 Å². The van der Waals surface area contributed by atoms with Gasteiger partial charge in [-0.25, -0.2) is 0 Å². The van der Waals surface area contributed by atoms with Crippen LogP contribution in [0.4, 0.5) is 5.69 Å². The quantitative estimate of drug-likeness (QED) is 0.537. The monoisotopic (exact) mass is 403 g/mol. The van der Waals surface area contributed by atoms with Crippen LogP contribution in [-0.4, -0.2) is 27.9 Å². The lowest BCUT2D eigenvalue weighted by atomic mass is 9.95. The fourth-order valence-corrected chi connectivity index (χ4v) is 4.06. The molecular weight excluding hydrogens is 386 g/mol. The number of hydrogen-bond acceptors (Lipinski definition) is 6. The van der Waals surface area contributed by atoms with Crippen molar-refractivity contribution in [3.63, 3.8) is 0 Å². The van der Waals surface area contributed by atoms with Crippen molar-refractivity contribution >= 4 is 34.4 Å². The van der Waals surface area contributed by atoms with Crippen molar-refractivity contribution in [3.8, 4) is 22.6 Å². The van der Waals surface area contributed by atoms with Gasteiger partial charge in [-0.2, -0.15) is 8.75 Å². The topological polar surface area (TPSA) is 73.3 Å². The molecule has 144 valence electrons. The molecule has 4 aromatic rings. The lowest BCUT2D eigenvalue weighted by Crippen LogP contribution is -2.16. The molecule has 0 bridgehead atoms. The smallest absolute Gasteiger partial charge is 0.256 e. The van der Waals surface area contributed by atoms with Gasteiger partial charge >= 0.3 is 0 Å². The van der Waals surface area contributed by atoms with Gasteiger partial charge in [-0.1, -0.05) is 30.3 Å². The first-order valence-electron chi connectivity index (χ1n) is 9.23. The number of aromatic nitrogens is 2. The first kappa shape index (κ1) is 17.6. The molecule has 3 aromatic carbocycles. The minimum atomic E-state index is -0.187. The van der Waals surface area contributed by atoms with E-state index in [1.54, 1.807) is 0 Å². The number of carbonyl (C=O) groups excluding carboxylic acids is 1. The fraction of sp³-hybridized carbons (Fsp3) is 0.136. The van der Waals surface area contributed by atoms with Gasteiger partial charge in [0.15, 0.2) is 11.5 Å². The van der Waals surface area contributed by atoms with Crippen LogP contribution < -0.4 is 14.8 Å². The van der Waals surface area contributed by atoms with Gasteiger partial charge in [0, 0.05) is 0 Å². The van der Waals surface area contributed by atoms with Crippen molar-refractivity contribution in [1.82, 2.24) is 8.75 Å². The van der Waals surface area contributed by atoms with Crippen molar-refractivity contribution in [2.45, 2.75) is 6.92 Å². The summed E-state index contributed by atoms with van der Waals surface area (Å²) in [6.45, 7) is 2.99. The maximum atomic E-state index is 13.3. The van der Waals surface area contributed by atoms with Crippen molar-refractivity contribution in [1.29, 1.82) is 0 Å². The Labute approximate surface area is 171 Å². The van der Waals surface area contributed by atoms with Crippen LogP contribution >= 0.6 is 11.7 Å². The molecule has 6 nitrogen and oxygen atoms in total. The molecule has 1 aliphatic heterocycles. The average Bonchev–Trinajstić information content (AvgIpc) is 3.23. The van der Waals surface area contributed by atoms with Crippen LogP contribution in [0.2, 0.25) is 0 Å². The van der Waals surface area contributed by atoms with E-state index >= 15 is 0 Å². The highest BCUT2D eigenvalue weighted by Gasteiger charge is 2.19. The molecule has 0 saturated carbocycles. The van der Waals surface area contributed by atoms with Crippen LogP contribution in [0.5, 0.6) is 11.5 Å². The van der Waals surface area contributed by atoms with E-state index in [1.807, 2.05) is 61.5 Å². The minimum Gasteiger partial charge on any atom is -0.486 e. The van der Waals surface area contributed by atoms with Gasteiger partial charge in [0.05, 0.1) is 23.0 Å². The zero-order valence-electron chi connectivity index (χ0n) is 15.6. The first-order valence-corrected chi connectivity index (χ1v) is 9.96. The molecule has 2 heterocycles. The molecular formula is C22H17N3O3S. The number of rotatable bonds is 3. The largest absolute Gasteiger partial charge is 0.486 e. The van der Waals surface area contributed by atoms with Crippen LogP contribution in [0.25, 0.3) is 22.2 Å². The highest BCUT2D eigenvalue weighted by Crippen LogP contribution is 2.36. The Kier molecular flexibility index (Phi) is 4.37. The summed E-state index contributed by atoms with van der Waals surface area (Å²) in [5.74, 6) is 1.23. The third-order valence-corrected chi connectivity index (χ3v) is 5.43. The first-order chi connectivity index (χ1) is 14.2. The van der Waals surface area contributed by atoms with Gasteiger partial charge < -0.3 is 14.8 Å². The van der Waals surface area contributed by atoms with Gasteiger partial charge in [0.2, 0.25) is 0 Å². The van der Waals surface area contributed by atoms with Crippen LogP contribution in [0.3, 0.4) is 0 Å². The lowest BCUT2D eigenvalue weighted by molar-refractivity contribution is 0.102. The highest BCUT2D eigenvalue weighted by atomic mass is 32.1. The van der Waals surface area contributed by atoms with E-state index in [0.29, 0.717) is 35.7 Å². The standard InChI is InChI=1S/C22H17N3O3S/c1-13-4-2-5-15(14-8-9-18-19(12-14)28-11-10-27-18)20(13)22(26)23-16-6-3-7-17-21(16)25-29-24-17/h2-9,12H,10-11H2,1H3,(H,23,26). The van der Waals surface area contributed by atoms with Crippen molar-refractivity contribution in [2.75, 3.05) is 18.5 Å². The lowest BCUT2D eigenvalue weighted by Gasteiger charge is -2.20.